The molecule has 2 N–H and O–H groups in total. The largest absolute Gasteiger partial charge is 0.324 e. The van der Waals surface area contributed by atoms with Crippen molar-refractivity contribution in [3.8, 4) is 5.95 Å². The van der Waals surface area contributed by atoms with E-state index in [4.69, 9.17) is 0 Å². The predicted molar refractivity (Wildman–Crippen MR) is 106 cm³/mol. The monoisotopic (exact) mass is 357 g/mol. The van der Waals surface area contributed by atoms with Crippen molar-refractivity contribution in [1.82, 2.24) is 24.5 Å². The number of hydrogen-bond donors (Lipinski definition) is 2. The molecule has 0 fully saturated rings. The van der Waals surface area contributed by atoms with Gasteiger partial charge in [-0.2, -0.15) is 15.0 Å². The van der Waals surface area contributed by atoms with Crippen LogP contribution in [-0.2, 0) is 0 Å². The Morgan fingerprint density at radius 3 is 1.67 bits per heavy atom. The molecule has 0 aliphatic heterocycles. The maximum atomic E-state index is 4.50. The average molecular weight is 357 g/mol. The molecule has 0 aliphatic rings. The lowest BCUT2D eigenvalue weighted by atomic mass is 10.2. The molecule has 2 heterocycles. The minimum absolute atomic E-state index is 0.451. The van der Waals surface area contributed by atoms with Crippen molar-refractivity contribution in [2.24, 2.45) is 0 Å². The number of aryl methyl sites for hydroxylation is 2. The molecule has 0 unspecified atom stereocenters. The first-order valence-electron chi connectivity index (χ1n) is 8.57. The molecule has 2 aromatic carbocycles. The van der Waals surface area contributed by atoms with Crippen molar-refractivity contribution in [3.63, 3.8) is 0 Å². The summed E-state index contributed by atoms with van der Waals surface area (Å²) in [6.45, 7) is 4.10. The number of imidazole rings is 1. The van der Waals surface area contributed by atoms with Crippen LogP contribution < -0.4 is 10.6 Å². The van der Waals surface area contributed by atoms with Crippen molar-refractivity contribution in [1.29, 1.82) is 0 Å². The van der Waals surface area contributed by atoms with Gasteiger partial charge in [0.1, 0.15) is 6.33 Å². The SMILES string of the molecule is Cc1ccc(Nc2nc(Nc3ccc(C)cc3)nc(-n3ccnc3)n2)cc1. The van der Waals surface area contributed by atoms with E-state index in [9.17, 15) is 0 Å². The van der Waals surface area contributed by atoms with Gasteiger partial charge < -0.3 is 10.6 Å². The summed E-state index contributed by atoms with van der Waals surface area (Å²) in [5, 5.41) is 6.47. The molecule has 0 spiro atoms. The standard InChI is InChI=1S/C20H19N7/c1-14-3-7-16(8-4-14)22-18-24-19(23-17-9-5-15(2)6-10-17)26-20(25-18)27-12-11-21-13-27/h3-13H,1-2H3,(H2,22,23,24,25,26). The molecule has 4 rings (SSSR count). The van der Waals surface area contributed by atoms with Gasteiger partial charge in [-0.3, -0.25) is 4.57 Å². The van der Waals surface area contributed by atoms with Gasteiger partial charge in [0.25, 0.3) is 0 Å². The first-order valence-corrected chi connectivity index (χ1v) is 8.57. The van der Waals surface area contributed by atoms with Crippen LogP contribution in [0.5, 0.6) is 0 Å². The lowest BCUT2D eigenvalue weighted by Gasteiger charge is -2.11. The number of nitrogens with zero attached hydrogens (tertiary/aromatic N) is 5. The normalized spacial score (nSPS) is 10.6. The summed E-state index contributed by atoms with van der Waals surface area (Å²) < 4.78 is 1.74. The number of aromatic nitrogens is 5. The van der Waals surface area contributed by atoms with Gasteiger partial charge in [-0.1, -0.05) is 35.4 Å². The highest BCUT2D eigenvalue weighted by Gasteiger charge is 2.09. The lowest BCUT2D eigenvalue weighted by Crippen LogP contribution is -2.08. The summed E-state index contributed by atoms with van der Waals surface area (Å²) in [4.78, 5) is 17.6. The van der Waals surface area contributed by atoms with E-state index >= 15 is 0 Å². The summed E-state index contributed by atoms with van der Waals surface area (Å²) >= 11 is 0. The zero-order chi connectivity index (χ0) is 18.6. The van der Waals surface area contributed by atoms with Crippen LogP contribution in [0.3, 0.4) is 0 Å². The summed E-state index contributed by atoms with van der Waals surface area (Å²) in [5.74, 6) is 1.38. The second-order valence-corrected chi connectivity index (χ2v) is 6.23. The van der Waals surface area contributed by atoms with Crippen molar-refractivity contribution >= 4 is 23.3 Å². The van der Waals surface area contributed by atoms with Crippen LogP contribution in [-0.4, -0.2) is 24.5 Å². The molecule has 134 valence electrons. The van der Waals surface area contributed by atoms with Crippen molar-refractivity contribution < 1.29 is 0 Å². The number of rotatable bonds is 5. The number of benzene rings is 2. The molecule has 0 bridgehead atoms. The zero-order valence-corrected chi connectivity index (χ0v) is 15.1. The van der Waals surface area contributed by atoms with E-state index in [-0.39, 0.29) is 0 Å². The quantitative estimate of drug-likeness (QED) is 0.558. The van der Waals surface area contributed by atoms with Crippen LogP contribution in [0, 0.1) is 13.8 Å². The van der Waals surface area contributed by atoms with E-state index in [0.29, 0.717) is 17.8 Å². The molecule has 0 atom stereocenters. The third-order valence-corrected chi connectivity index (χ3v) is 3.97. The van der Waals surface area contributed by atoms with Gasteiger partial charge in [0.05, 0.1) is 0 Å². The average Bonchev–Trinajstić information content (AvgIpc) is 3.20. The molecule has 0 saturated carbocycles. The first kappa shape index (κ1) is 16.7. The molecule has 7 heteroatoms. The Hall–Kier alpha value is -3.74. The molecular formula is C20H19N7. The van der Waals surface area contributed by atoms with Gasteiger partial charge in [-0.25, -0.2) is 4.98 Å². The fraction of sp³-hybridized carbons (Fsp3) is 0.100. The molecule has 0 radical (unpaired) electrons. The summed E-state index contributed by atoms with van der Waals surface area (Å²) in [7, 11) is 0. The van der Waals surface area contributed by atoms with Crippen LogP contribution in [0.25, 0.3) is 5.95 Å². The molecule has 2 aromatic heterocycles. The fourth-order valence-electron chi connectivity index (χ4n) is 2.50. The first-order chi connectivity index (χ1) is 13.2. The Bertz CT molecular complexity index is 957. The summed E-state index contributed by atoms with van der Waals surface area (Å²) in [6, 6.07) is 16.1. The van der Waals surface area contributed by atoms with E-state index < -0.39 is 0 Å². The molecule has 4 aromatic rings. The van der Waals surface area contributed by atoms with Crippen LogP contribution in [0.4, 0.5) is 23.3 Å². The van der Waals surface area contributed by atoms with Gasteiger partial charge in [-0.05, 0) is 38.1 Å². The molecule has 0 aliphatic carbocycles. The van der Waals surface area contributed by atoms with E-state index in [0.717, 1.165) is 11.4 Å². The molecular weight excluding hydrogens is 338 g/mol. The highest BCUT2D eigenvalue weighted by molar-refractivity contribution is 5.58. The van der Waals surface area contributed by atoms with Crippen LogP contribution in [0.2, 0.25) is 0 Å². The Kier molecular flexibility index (Phi) is 4.49. The topological polar surface area (TPSA) is 80.5 Å². The van der Waals surface area contributed by atoms with Gasteiger partial charge in [0.15, 0.2) is 0 Å². The minimum atomic E-state index is 0.451. The van der Waals surface area contributed by atoms with E-state index in [1.807, 2.05) is 62.4 Å². The smallest absolute Gasteiger partial charge is 0.241 e. The highest BCUT2D eigenvalue weighted by atomic mass is 15.3. The third-order valence-electron chi connectivity index (χ3n) is 3.97. The lowest BCUT2D eigenvalue weighted by molar-refractivity contribution is 0.904. The molecule has 27 heavy (non-hydrogen) atoms. The second-order valence-electron chi connectivity index (χ2n) is 6.23. The number of hydrogen-bond acceptors (Lipinski definition) is 6. The van der Waals surface area contributed by atoms with E-state index in [1.54, 1.807) is 23.3 Å². The Morgan fingerprint density at radius 1 is 0.704 bits per heavy atom. The van der Waals surface area contributed by atoms with Crippen molar-refractivity contribution in [2.75, 3.05) is 10.6 Å². The zero-order valence-electron chi connectivity index (χ0n) is 15.1. The molecule has 0 amide bonds. The van der Waals surface area contributed by atoms with Crippen molar-refractivity contribution in [3.05, 3.63) is 78.4 Å². The van der Waals surface area contributed by atoms with E-state index in [2.05, 4.69) is 30.6 Å². The van der Waals surface area contributed by atoms with Crippen LogP contribution >= 0.6 is 0 Å². The Morgan fingerprint density at radius 2 is 1.22 bits per heavy atom. The van der Waals surface area contributed by atoms with Gasteiger partial charge >= 0.3 is 0 Å². The van der Waals surface area contributed by atoms with Crippen LogP contribution in [0.1, 0.15) is 11.1 Å². The minimum Gasteiger partial charge on any atom is -0.324 e. The van der Waals surface area contributed by atoms with Gasteiger partial charge in [0, 0.05) is 23.8 Å². The number of anilines is 4. The maximum Gasteiger partial charge on any atom is 0.241 e. The predicted octanol–water partition coefficient (Wildman–Crippen LogP) is 4.16. The summed E-state index contributed by atoms with van der Waals surface area (Å²) in [5.41, 5.74) is 4.20. The van der Waals surface area contributed by atoms with Crippen LogP contribution in [0.15, 0.2) is 67.3 Å². The van der Waals surface area contributed by atoms with Gasteiger partial charge in [0.2, 0.25) is 17.8 Å². The second kappa shape index (κ2) is 7.25. The molecule has 0 saturated heterocycles. The van der Waals surface area contributed by atoms with Crippen molar-refractivity contribution in [2.45, 2.75) is 13.8 Å². The van der Waals surface area contributed by atoms with Gasteiger partial charge in [-0.15, -0.1) is 0 Å². The Balaban J connectivity index is 1.68. The van der Waals surface area contributed by atoms with E-state index in [1.165, 1.54) is 11.1 Å². The number of nitrogens with one attached hydrogen (secondary N) is 2. The summed E-state index contributed by atoms with van der Waals surface area (Å²) in [6.07, 6.45) is 5.13. The third kappa shape index (κ3) is 4.09. The molecule has 7 nitrogen and oxygen atoms in total. The Labute approximate surface area is 157 Å². The fourth-order valence-corrected chi connectivity index (χ4v) is 2.50. The maximum absolute atomic E-state index is 4.50. The highest BCUT2D eigenvalue weighted by Crippen LogP contribution is 2.19.